The Morgan fingerprint density at radius 3 is 2.48 bits per heavy atom. The largest absolute Gasteiger partial charge is 0.382 e. The van der Waals surface area contributed by atoms with E-state index < -0.39 is 0 Å². The lowest BCUT2D eigenvalue weighted by molar-refractivity contribution is 0.627. The highest BCUT2D eigenvalue weighted by Gasteiger charge is 2.15. The zero-order valence-electron chi connectivity index (χ0n) is 11.8. The van der Waals surface area contributed by atoms with Crippen molar-refractivity contribution in [1.29, 1.82) is 0 Å². The lowest BCUT2D eigenvalue weighted by atomic mass is 10.0. The maximum atomic E-state index is 13.0. The van der Waals surface area contributed by atoms with Crippen molar-refractivity contribution in [2.75, 3.05) is 5.73 Å². The molecule has 1 aromatic heterocycles. The summed E-state index contributed by atoms with van der Waals surface area (Å²) in [5.74, 6) is 0.141. The van der Waals surface area contributed by atoms with Crippen LogP contribution in [0.15, 0.2) is 42.5 Å². The van der Waals surface area contributed by atoms with Gasteiger partial charge in [0.2, 0.25) is 0 Å². The van der Waals surface area contributed by atoms with Gasteiger partial charge in [-0.25, -0.2) is 4.39 Å². The zero-order chi connectivity index (χ0) is 15.0. The summed E-state index contributed by atoms with van der Waals surface area (Å²) in [6, 6.07) is 12.1. The van der Waals surface area contributed by atoms with E-state index in [9.17, 15) is 4.39 Å². The molecule has 3 rings (SSSR count). The van der Waals surface area contributed by atoms with Gasteiger partial charge in [0.05, 0.1) is 5.69 Å². The summed E-state index contributed by atoms with van der Waals surface area (Å²) in [5, 5.41) is 8.26. The van der Waals surface area contributed by atoms with Crippen LogP contribution in [0, 0.1) is 19.7 Å². The molecule has 0 saturated carbocycles. The average Bonchev–Trinajstić information content (AvgIpc) is 2.84. The van der Waals surface area contributed by atoms with Crippen molar-refractivity contribution < 1.29 is 4.39 Å². The number of rotatable bonds is 2. The highest BCUT2D eigenvalue weighted by atomic mass is 19.1. The quantitative estimate of drug-likeness (QED) is 0.784. The van der Waals surface area contributed by atoms with Crippen LogP contribution in [0.5, 0.6) is 0 Å². The highest BCUT2D eigenvalue weighted by molar-refractivity contribution is 5.74. The first-order valence-corrected chi connectivity index (χ1v) is 6.61. The van der Waals surface area contributed by atoms with Crippen LogP contribution in [0.2, 0.25) is 0 Å². The molecule has 2 aromatic carbocycles. The summed E-state index contributed by atoms with van der Waals surface area (Å²) in [6.45, 7) is 4.02. The molecule has 1 heterocycles. The molecule has 0 radical (unpaired) electrons. The van der Waals surface area contributed by atoms with Crippen LogP contribution in [0.4, 0.5) is 10.2 Å². The van der Waals surface area contributed by atoms with E-state index in [0.717, 1.165) is 16.7 Å². The van der Waals surface area contributed by atoms with E-state index in [1.165, 1.54) is 16.8 Å². The Hall–Kier alpha value is -2.69. The van der Waals surface area contributed by atoms with Crippen molar-refractivity contribution in [2.24, 2.45) is 0 Å². The number of aryl methyl sites for hydroxylation is 2. The Kier molecular flexibility index (Phi) is 3.17. The molecule has 0 fully saturated rings. The van der Waals surface area contributed by atoms with E-state index in [1.807, 2.05) is 32.0 Å². The fourth-order valence-corrected chi connectivity index (χ4v) is 2.24. The summed E-state index contributed by atoms with van der Waals surface area (Å²) in [6.07, 6.45) is 0. The van der Waals surface area contributed by atoms with E-state index in [4.69, 9.17) is 5.73 Å². The van der Waals surface area contributed by atoms with E-state index in [-0.39, 0.29) is 5.82 Å². The number of nitrogens with zero attached hydrogens (tertiary/aromatic N) is 3. The first-order chi connectivity index (χ1) is 10.1. The van der Waals surface area contributed by atoms with Crippen molar-refractivity contribution in [3.8, 4) is 16.9 Å². The summed E-state index contributed by atoms with van der Waals surface area (Å²) in [4.78, 5) is 0. The molecule has 0 atom stereocenters. The molecular weight excluding hydrogens is 267 g/mol. The van der Waals surface area contributed by atoms with Crippen LogP contribution in [0.3, 0.4) is 0 Å². The molecule has 3 aromatic rings. The van der Waals surface area contributed by atoms with Crippen molar-refractivity contribution in [3.05, 3.63) is 59.4 Å². The first-order valence-electron chi connectivity index (χ1n) is 6.61. The standard InChI is InChI=1S/C16H15FN4/c1-10-3-4-11(2)14(9-10)15-16(18)21(20-19-15)13-7-5-12(17)6-8-13/h3-9H,18H2,1-2H3. The molecule has 0 unspecified atom stereocenters. The monoisotopic (exact) mass is 282 g/mol. The van der Waals surface area contributed by atoms with E-state index >= 15 is 0 Å². The first kappa shape index (κ1) is 13.3. The van der Waals surface area contributed by atoms with Crippen molar-refractivity contribution in [3.63, 3.8) is 0 Å². The molecule has 0 aliphatic carbocycles. The van der Waals surface area contributed by atoms with Crippen molar-refractivity contribution in [2.45, 2.75) is 13.8 Å². The van der Waals surface area contributed by atoms with E-state index in [2.05, 4.69) is 10.3 Å². The Bertz CT molecular complexity index is 791. The molecule has 0 aliphatic heterocycles. The predicted octanol–water partition coefficient (Wildman–Crippen LogP) is 3.27. The minimum atomic E-state index is -0.299. The number of hydrogen-bond donors (Lipinski definition) is 1. The van der Waals surface area contributed by atoms with Crippen LogP contribution in [0.1, 0.15) is 11.1 Å². The van der Waals surface area contributed by atoms with Gasteiger partial charge >= 0.3 is 0 Å². The molecule has 0 aliphatic rings. The molecular formula is C16H15FN4. The van der Waals surface area contributed by atoms with Gasteiger partial charge in [-0.05, 0) is 49.7 Å². The summed E-state index contributed by atoms with van der Waals surface area (Å²) < 4.78 is 14.5. The number of nitrogen functional groups attached to an aromatic ring is 1. The molecule has 0 saturated heterocycles. The van der Waals surface area contributed by atoms with Gasteiger partial charge < -0.3 is 5.73 Å². The Balaban J connectivity index is 2.11. The van der Waals surface area contributed by atoms with Crippen LogP contribution in [0.25, 0.3) is 16.9 Å². The maximum absolute atomic E-state index is 13.0. The molecule has 0 amide bonds. The Morgan fingerprint density at radius 1 is 1.05 bits per heavy atom. The maximum Gasteiger partial charge on any atom is 0.155 e. The molecule has 2 N–H and O–H groups in total. The van der Waals surface area contributed by atoms with Crippen molar-refractivity contribution in [1.82, 2.24) is 15.0 Å². The predicted molar refractivity (Wildman–Crippen MR) is 80.6 cm³/mol. The van der Waals surface area contributed by atoms with Crippen LogP contribution < -0.4 is 5.73 Å². The van der Waals surface area contributed by atoms with Gasteiger partial charge in [0, 0.05) is 5.56 Å². The van der Waals surface area contributed by atoms with Gasteiger partial charge in [-0.2, -0.15) is 4.68 Å². The second-order valence-corrected chi connectivity index (χ2v) is 5.03. The lowest BCUT2D eigenvalue weighted by Gasteiger charge is -2.06. The second-order valence-electron chi connectivity index (χ2n) is 5.03. The molecule has 21 heavy (non-hydrogen) atoms. The molecule has 4 nitrogen and oxygen atoms in total. The number of halogens is 1. The third-order valence-corrected chi connectivity index (χ3v) is 3.42. The number of aromatic nitrogens is 3. The van der Waals surface area contributed by atoms with E-state index in [0.29, 0.717) is 17.2 Å². The molecule has 106 valence electrons. The third kappa shape index (κ3) is 2.38. The number of nitrogens with two attached hydrogens (primary N) is 1. The molecule has 0 spiro atoms. The third-order valence-electron chi connectivity index (χ3n) is 3.42. The van der Waals surface area contributed by atoms with Gasteiger partial charge in [-0.15, -0.1) is 5.10 Å². The van der Waals surface area contributed by atoms with Gasteiger partial charge in [-0.1, -0.05) is 22.9 Å². The molecule has 5 heteroatoms. The van der Waals surface area contributed by atoms with Gasteiger partial charge in [0.15, 0.2) is 5.82 Å². The van der Waals surface area contributed by atoms with Gasteiger partial charge in [-0.3, -0.25) is 0 Å². The smallest absolute Gasteiger partial charge is 0.155 e. The molecule has 0 bridgehead atoms. The highest BCUT2D eigenvalue weighted by Crippen LogP contribution is 2.28. The van der Waals surface area contributed by atoms with Gasteiger partial charge in [0.1, 0.15) is 11.5 Å². The number of anilines is 1. The topological polar surface area (TPSA) is 56.7 Å². The zero-order valence-corrected chi connectivity index (χ0v) is 11.8. The van der Waals surface area contributed by atoms with Crippen molar-refractivity contribution >= 4 is 5.82 Å². The minimum absolute atomic E-state index is 0.299. The minimum Gasteiger partial charge on any atom is -0.382 e. The fraction of sp³-hybridized carbons (Fsp3) is 0.125. The normalized spacial score (nSPS) is 10.8. The van der Waals surface area contributed by atoms with Crippen LogP contribution in [-0.4, -0.2) is 15.0 Å². The summed E-state index contributed by atoms with van der Waals surface area (Å²) in [7, 11) is 0. The SMILES string of the molecule is Cc1ccc(C)c(-c2nnn(-c3ccc(F)cc3)c2N)c1. The lowest BCUT2D eigenvalue weighted by Crippen LogP contribution is -2.02. The summed E-state index contributed by atoms with van der Waals surface area (Å²) >= 11 is 0. The van der Waals surface area contributed by atoms with Gasteiger partial charge in [0.25, 0.3) is 0 Å². The Morgan fingerprint density at radius 2 is 1.76 bits per heavy atom. The second kappa shape index (κ2) is 5.01. The van der Waals surface area contributed by atoms with E-state index in [1.54, 1.807) is 12.1 Å². The fourth-order valence-electron chi connectivity index (χ4n) is 2.24. The van der Waals surface area contributed by atoms with Crippen LogP contribution >= 0.6 is 0 Å². The number of benzene rings is 2. The summed E-state index contributed by atoms with van der Waals surface area (Å²) in [5.41, 5.74) is 10.7. The van der Waals surface area contributed by atoms with Crippen LogP contribution in [-0.2, 0) is 0 Å². The number of hydrogen-bond acceptors (Lipinski definition) is 3. The average molecular weight is 282 g/mol. The Labute approximate surface area is 122 Å².